The van der Waals surface area contributed by atoms with E-state index in [1.807, 2.05) is 0 Å². The minimum Gasteiger partial charge on any atom is -0.496 e. The van der Waals surface area contributed by atoms with Crippen molar-refractivity contribution in [1.29, 1.82) is 0 Å². The maximum Gasteiger partial charge on any atom is 0.250 e. The van der Waals surface area contributed by atoms with Gasteiger partial charge in [-0.2, -0.15) is 0 Å². The highest BCUT2D eigenvalue weighted by Gasteiger charge is 2.17. The Hall–Kier alpha value is -2.16. The van der Waals surface area contributed by atoms with Gasteiger partial charge in [-0.15, -0.1) is 0 Å². The van der Waals surface area contributed by atoms with E-state index in [1.165, 1.54) is 36.1 Å². The molecule has 130 valence electrons. The molecule has 7 nitrogen and oxygen atoms in total. The normalized spacial score (nSPS) is 12.8. The van der Waals surface area contributed by atoms with Crippen molar-refractivity contribution in [3.05, 3.63) is 58.5 Å². The Morgan fingerprint density at radius 2 is 2.04 bits per heavy atom. The smallest absolute Gasteiger partial charge is 0.250 e. The van der Waals surface area contributed by atoms with Crippen molar-refractivity contribution < 1.29 is 18.3 Å². The summed E-state index contributed by atoms with van der Waals surface area (Å²) in [4.78, 5) is 11.7. The maximum absolute atomic E-state index is 12.3. The molecule has 0 amide bonds. The van der Waals surface area contributed by atoms with E-state index >= 15 is 0 Å². The van der Waals surface area contributed by atoms with Crippen LogP contribution in [-0.4, -0.2) is 37.8 Å². The number of aryl methyl sites for hydroxylation is 1. The monoisotopic (exact) mass is 352 g/mol. The van der Waals surface area contributed by atoms with Crippen LogP contribution in [0.15, 0.2) is 52.3 Å². The Morgan fingerprint density at radius 3 is 2.67 bits per heavy atom. The van der Waals surface area contributed by atoms with Gasteiger partial charge in [-0.05, 0) is 36.8 Å². The van der Waals surface area contributed by atoms with Gasteiger partial charge in [0.25, 0.3) is 5.56 Å². The molecule has 2 aromatic rings. The van der Waals surface area contributed by atoms with Crippen LogP contribution in [0.5, 0.6) is 5.75 Å². The fraction of sp³-hybridized carbons (Fsp3) is 0.312. The number of aliphatic hydroxyl groups is 1. The molecule has 2 rings (SSSR count). The summed E-state index contributed by atoms with van der Waals surface area (Å²) in [6.45, 7) is 1.55. The zero-order valence-corrected chi connectivity index (χ0v) is 14.3. The van der Waals surface area contributed by atoms with Crippen LogP contribution in [0, 0.1) is 6.92 Å². The predicted molar refractivity (Wildman–Crippen MR) is 89.6 cm³/mol. The molecule has 0 spiro atoms. The van der Waals surface area contributed by atoms with Crippen molar-refractivity contribution in [3.8, 4) is 5.75 Å². The van der Waals surface area contributed by atoms with Gasteiger partial charge in [0.1, 0.15) is 5.75 Å². The molecule has 1 unspecified atom stereocenters. The number of benzene rings is 1. The molecule has 1 aromatic carbocycles. The summed E-state index contributed by atoms with van der Waals surface area (Å²) in [5.41, 5.74) is 0.432. The third-order valence-corrected chi connectivity index (χ3v) is 4.91. The summed E-state index contributed by atoms with van der Waals surface area (Å²) in [7, 11) is -2.25. The highest BCUT2D eigenvalue weighted by molar-refractivity contribution is 7.89. The number of hydrogen-bond donors (Lipinski definition) is 2. The van der Waals surface area contributed by atoms with Crippen molar-refractivity contribution >= 4 is 10.0 Å². The molecule has 0 aliphatic heterocycles. The Balaban J connectivity index is 2.03. The average Bonchev–Trinajstić information content (AvgIpc) is 2.55. The number of ether oxygens (including phenoxy) is 1. The molecular weight excluding hydrogens is 332 g/mol. The molecule has 8 heteroatoms. The van der Waals surface area contributed by atoms with E-state index in [1.54, 1.807) is 25.1 Å². The number of nitrogens with one attached hydrogen (secondary N) is 1. The summed E-state index contributed by atoms with van der Waals surface area (Å²) in [6.07, 6.45) is 0.506. The van der Waals surface area contributed by atoms with E-state index in [-0.39, 0.29) is 23.5 Å². The van der Waals surface area contributed by atoms with Gasteiger partial charge in [-0.1, -0.05) is 6.07 Å². The minimum absolute atomic E-state index is 0.00380. The molecule has 1 heterocycles. The van der Waals surface area contributed by atoms with Crippen molar-refractivity contribution in [3.63, 3.8) is 0 Å². The lowest BCUT2D eigenvalue weighted by atomic mass is 10.2. The van der Waals surface area contributed by atoms with Crippen molar-refractivity contribution in [2.45, 2.75) is 24.5 Å². The van der Waals surface area contributed by atoms with Crippen LogP contribution < -0.4 is 15.0 Å². The fourth-order valence-electron chi connectivity index (χ4n) is 2.21. The quantitative estimate of drug-likeness (QED) is 0.756. The highest BCUT2D eigenvalue weighted by atomic mass is 32.2. The third kappa shape index (κ3) is 4.44. The number of rotatable bonds is 7. The molecular formula is C16H20N2O5S. The van der Waals surface area contributed by atoms with E-state index in [0.29, 0.717) is 11.3 Å². The van der Waals surface area contributed by atoms with Crippen LogP contribution in [0.4, 0.5) is 0 Å². The molecule has 1 aromatic heterocycles. The fourth-order valence-corrected chi connectivity index (χ4v) is 3.37. The molecule has 0 fully saturated rings. The molecule has 0 aliphatic carbocycles. The van der Waals surface area contributed by atoms with Crippen LogP contribution in [0.2, 0.25) is 0 Å². The Bertz CT molecular complexity index is 861. The first-order valence-corrected chi connectivity index (χ1v) is 8.79. The van der Waals surface area contributed by atoms with Crippen LogP contribution in [0.1, 0.15) is 5.56 Å². The van der Waals surface area contributed by atoms with Crippen LogP contribution in [0.3, 0.4) is 0 Å². The summed E-state index contributed by atoms with van der Waals surface area (Å²) < 4.78 is 33.3. The van der Waals surface area contributed by atoms with Gasteiger partial charge >= 0.3 is 0 Å². The van der Waals surface area contributed by atoms with E-state index in [4.69, 9.17) is 4.74 Å². The number of aliphatic hydroxyl groups excluding tert-OH is 1. The first-order chi connectivity index (χ1) is 11.3. The van der Waals surface area contributed by atoms with E-state index in [0.717, 1.165) is 0 Å². The molecule has 0 bridgehead atoms. The van der Waals surface area contributed by atoms with Crippen molar-refractivity contribution in [2.75, 3.05) is 13.7 Å². The van der Waals surface area contributed by atoms with Crippen LogP contribution in [-0.2, 0) is 16.6 Å². The lowest BCUT2D eigenvalue weighted by Crippen LogP contribution is -2.36. The summed E-state index contributed by atoms with van der Waals surface area (Å²) in [5.74, 6) is 0.595. The largest absolute Gasteiger partial charge is 0.496 e. The topological polar surface area (TPSA) is 97.6 Å². The van der Waals surface area contributed by atoms with Crippen molar-refractivity contribution in [1.82, 2.24) is 9.29 Å². The average molecular weight is 352 g/mol. The standard InChI is InChI=1S/C16H20N2O5S/c1-12-9-14(6-7-15(12)23-2)24(21,22)17-10-13(19)11-18-8-4-3-5-16(18)20/h3-9,13,17,19H,10-11H2,1-2H3. The zero-order chi connectivity index (χ0) is 17.7. The van der Waals surface area contributed by atoms with E-state index < -0.39 is 16.1 Å². The molecule has 0 aliphatic rings. The maximum atomic E-state index is 12.3. The summed E-state index contributed by atoms with van der Waals surface area (Å²) >= 11 is 0. The molecule has 0 radical (unpaired) electrons. The second-order valence-electron chi connectivity index (χ2n) is 5.33. The number of sulfonamides is 1. The predicted octanol–water partition coefficient (Wildman–Crippen LogP) is 0.505. The van der Waals surface area contributed by atoms with Gasteiger partial charge in [0, 0.05) is 18.8 Å². The van der Waals surface area contributed by atoms with Gasteiger partial charge in [0.2, 0.25) is 10.0 Å². The van der Waals surface area contributed by atoms with Gasteiger partial charge in [0.05, 0.1) is 24.7 Å². The molecule has 2 N–H and O–H groups in total. The van der Waals surface area contributed by atoms with Crippen LogP contribution in [0.25, 0.3) is 0 Å². The van der Waals surface area contributed by atoms with E-state index in [9.17, 15) is 18.3 Å². The van der Waals surface area contributed by atoms with Gasteiger partial charge in [0.15, 0.2) is 0 Å². The molecule has 0 saturated carbocycles. The molecule has 0 saturated heterocycles. The summed E-state index contributed by atoms with van der Waals surface area (Å²) in [6, 6.07) is 9.14. The number of hydrogen-bond acceptors (Lipinski definition) is 5. The van der Waals surface area contributed by atoms with E-state index in [2.05, 4.69) is 4.72 Å². The second-order valence-corrected chi connectivity index (χ2v) is 7.10. The Morgan fingerprint density at radius 1 is 1.29 bits per heavy atom. The number of methoxy groups -OCH3 is 1. The minimum atomic E-state index is -3.76. The lowest BCUT2D eigenvalue weighted by molar-refractivity contribution is 0.156. The molecule has 1 atom stereocenters. The van der Waals surface area contributed by atoms with Crippen LogP contribution >= 0.6 is 0 Å². The molecule has 24 heavy (non-hydrogen) atoms. The second kappa shape index (κ2) is 7.61. The lowest BCUT2D eigenvalue weighted by Gasteiger charge is -2.14. The Labute approximate surface area is 140 Å². The first kappa shape index (κ1) is 18.2. The van der Waals surface area contributed by atoms with Gasteiger partial charge in [-0.3, -0.25) is 4.79 Å². The van der Waals surface area contributed by atoms with Gasteiger partial charge < -0.3 is 14.4 Å². The number of pyridine rings is 1. The SMILES string of the molecule is COc1ccc(S(=O)(=O)NCC(O)Cn2ccccc2=O)cc1C. The zero-order valence-electron chi connectivity index (χ0n) is 13.5. The summed E-state index contributed by atoms with van der Waals surface area (Å²) in [5, 5.41) is 9.97. The van der Waals surface area contributed by atoms with Gasteiger partial charge in [-0.25, -0.2) is 13.1 Å². The van der Waals surface area contributed by atoms with Crippen molar-refractivity contribution in [2.24, 2.45) is 0 Å². The highest BCUT2D eigenvalue weighted by Crippen LogP contribution is 2.21. The first-order valence-electron chi connectivity index (χ1n) is 7.31. The number of aromatic nitrogens is 1. The number of nitrogens with zero attached hydrogens (tertiary/aromatic N) is 1. The third-order valence-electron chi connectivity index (χ3n) is 3.49. The Kier molecular flexibility index (Phi) is 5.76.